The van der Waals surface area contributed by atoms with Crippen molar-refractivity contribution in [1.29, 1.82) is 0 Å². The largest absolute Gasteiger partial charge is 0.381 e. The van der Waals surface area contributed by atoms with E-state index in [1.807, 2.05) is 26.0 Å². The van der Waals surface area contributed by atoms with Crippen LogP contribution in [0.3, 0.4) is 0 Å². The minimum atomic E-state index is -0.841. The quantitative estimate of drug-likeness (QED) is 0.732. The van der Waals surface area contributed by atoms with Crippen LogP contribution in [0, 0.1) is 12.3 Å². The molecule has 1 unspecified atom stereocenters. The molecular formula is C16H20O. The molecule has 1 heteroatoms. The number of terminal acetylenes is 1. The Labute approximate surface area is 104 Å². The van der Waals surface area contributed by atoms with Crippen molar-refractivity contribution in [2.45, 2.75) is 39.2 Å². The summed E-state index contributed by atoms with van der Waals surface area (Å²) in [7, 11) is 0. The van der Waals surface area contributed by atoms with Gasteiger partial charge in [-0.1, -0.05) is 37.1 Å². The van der Waals surface area contributed by atoms with Gasteiger partial charge in [-0.3, -0.25) is 0 Å². The smallest absolute Gasteiger partial charge is 0.105 e. The lowest BCUT2D eigenvalue weighted by molar-refractivity contribution is 0.142. The molecule has 17 heavy (non-hydrogen) atoms. The second-order valence-electron chi connectivity index (χ2n) is 4.43. The van der Waals surface area contributed by atoms with E-state index in [4.69, 9.17) is 6.42 Å². The first-order chi connectivity index (χ1) is 8.04. The Hall–Kier alpha value is -1.52. The molecule has 0 amide bonds. The van der Waals surface area contributed by atoms with Crippen LogP contribution in [-0.2, 0) is 0 Å². The highest BCUT2D eigenvalue weighted by atomic mass is 16.3. The maximum absolute atomic E-state index is 10.4. The predicted molar refractivity (Wildman–Crippen MR) is 73.4 cm³/mol. The van der Waals surface area contributed by atoms with Crippen LogP contribution < -0.4 is 0 Å². The molecule has 0 heterocycles. The van der Waals surface area contributed by atoms with E-state index in [0.29, 0.717) is 0 Å². The highest BCUT2D eigenvalue weighted by Crippen LogP contribution is 2.40. The van der Waals surface area contributed by atoms with Gasteiger partial charge in [-0.15, -0.1) is 6.42 Å². The fourth-order valence-electron chi connectivity index (χ4n) is 1.95. The fraction of sp³-hybridized carbons (Fsp3) is 0.375. The molecule has 0 spiro atoms. The van der Waals surface area contributed by atoms with Crippen molar-refractivity contribution in [2.24, 2.45) is 0 Å². The van der Waals surface area contributed by atoms with Gasteiger partial charge in [0.15, 0.2) is 0 Å². The Morgan fingerprint density at radius 1 is 1.53 bits per heavy atom. The van der Waals surface area contributed by atoms with E-state index < -0.39 is 5.60 Å². The molecule has 0 saturated heterocycles. The molecule has 1 N–H and O–H groups in total. The van der Waals surface area contributed by atoms with Gasteiger partial charge >= 0.3 is 0 Å². The van der Waals surface area contributed by atoms with Gasteiger partial charge in [-0.25, -0.2) is 0 Å². The molecule has 0 aliphatic heterocycles. The fourth-order valence-corrected chi connectivity index (χ4v) is 1.95. The lowest BCUT2D eigenvalue weighted by Crippen LogP contribution is -2.24. The first-order valence-electron chi connectivity index (χ1n) is 5.95. The molecule has 0 bridgehead atoms. The second kappa shape index (κ2) is 5.70. The van der Waals surface area contributed by atoms with E-state index in [0.717, 1.165) is 24.0 Å². The third-order valence-electron chi connectivity index (χ3n) is 3.26. The third kappa shape index (κ3) is 2.99. The van der Waals surface area contributed by atoms with E-state index in [-0.39, 0.29) is 0 Å². The summed E-state index contributed by atoms with van der Waals surface area (Å²) in [4.78, 5) is 0. The lowest BCUT2D eigenvalue weighted by Gasteiger charge is -2.21. The van der Waals surface area contributed by atoms with Gasteiger partial charge < -0.3 is 5.11 Å². The molecule has 0 aromatic carbocycles. The van der Waals surface area contributed by atoms with E-state index in [9.17, 15) is 5.11 Å². The summed E-state index contributed by atoms with van der Waals surface area (Å²) in [6.07, 6.45) is 16.5. The van der Waals surface area contributed by atoms with E-state index in [1.165, 1.54) is 5.57 Å². The molecule has 0 radical (unpaired) electrons. The average Bonchev–Trinajstić information content (AvgIpc) is 2.51. The second-order valence-corrected chi connectivity index (χ2v) is 4.43. The van der Waals surface area contributed by atoms with Crippen LogP contribution >= 0.6 is 0 Å². The Morgan fingerprint density at radius 2 is 2.24 bits per heavy atom. The standard InChI is InChI=1S/C16H20O/c1-5-7-9-11-15-12-14(10-8-6-2)13(3)16(15,4)17/h1,7-11,17H,6,12H2,2-4H3/b9-7-,10-8-,15-11+. The van der Waals surface area contributed by atoms with Crippen molar-refractivity contribution < 1.29 is 5.11 Å². The number of allylic oxidation sites excluding steroid dienone is 6. The summed E-state index contributed by atoms with van der Waals surface area (Å²) in [5.41, 5.74) is 2.39. The predicted octanol–water partition coefficient (Wildman–Crippen LogP) is 3.54. The Morgan fingerprint density at radius 3 is 2.82 bits per heavy atom. The molecule has 1 rings (SSSR count). The summed E-state index contributed by atoms with van der Waals surface area (Å²) >= 11 is 0. The summed E-state index contributed by atoms with van der Waals surface area (Å²) in [5.74, 6) is 2.44. The third-order valence-corrected chi connectivity index (χ3v) is 3.26. The average molecular weight is 228 g/mol. The van der Waals surface area contributed by atoms with Gasteiger partial charge in [0.1, 0.15) is 5.60 Å². The summed E-state index contributed by atoms with van der Waals surface area (Å²) in [6, 6.07) is 0. The van der Waals surface area contributed by atoms with Crippen molar-refractivity contribution in [1.82, 2.24) is 0 Å². The maximum Gasteiger partial charge on any atom is 0.105 e. The number of hydrogen-bond acceptors (Lipinski definition) is 1. The molecule has 1 nitrogen and oxygen atoms in total. The Balaban J connectivity index is 2.99. The van der Waals surface area contributed by atoms with Gasteiger partial charge in [-0.2, -0.15) is 0 Å². The summed E-state index contributed by atoms with van der Waals surface area (Å²) in [6.45, 7) is 5.93. The first-order valence-corrected chi connectivity index (χ1v) is 5.95. The zero-order valence-corrected chi connectivity index (χ0v) is 10.8. The Bertz CT molecular complexity index is 437. The molecule has 0 aromatic heterocycles. The maximum atomic E-state index is 10.4. The highest BCUT2D eigenvalue weighted by Gasteiger charge is 2.34. The van der Waals surface area contributed by atoms with Gasteiger partial charge in [0.2, 0.25) is 0 Å². The zero-order valence-electron chi connectivity index (χ0n) is 10.8. The van der Waals surface area contributed by atoms with Crippen LogP contribution in [0.5, 0.6) is 0 Å². The molecule has 0 fully saturated rings. The van der Waals surface area contributed by atoms with Gasteiger partial charge in [0.25, 0.3) is 0 Å². The number of aliphatic hydroxyl groups is 1. The van der Waals surface area contributed by atoms with Crippen molar-refractivity contribution in [3.8, 4) is 12.3 Å². The minimum absolute atomic E-state index is 0.796. The first kappa shape index (κ1) is 13.5. The monoisotopic (exact) mass is 228 g/mol. The highest BCUT2D eigenvalue weighted by molar-refractivity contribution is 5.49. The minimum Gasteiger partial charge on any atom is -0.381 e. The van der Waals surface area contributed by atoms with Crippen LogP contribution in [0.4, 0.5) is 0 Å². The van der Waals surface area contributed by atoms with Crippen LogP contribution in [0.2, 0.25) is 0 Å². The molecule has 1 aliphatic carbocycles. The topological polar surface area (TPSA) is 20.2 Å². The van der Waals surface area contributed by atoms with E-state index in [1.54, 1.807) is 6.08 Å². The van der Waals surface area contributed by atoms with Crippen LogP contribution in [0.15, 0.2) is 47.1 Å². The molecule has 0 saturated carbocycles. The number of hydrogen-bond donors (Lipinski definition) is 1. The van der Waals surface area contributed by atoms with E-state index in [2.05, 4.69) is 25.0 Å². The van der Waals surface area contributed by atoms with Crippen molar-refractivity contribution in [3.63, 3.8) is 0 Å². The molecule has 0 aromatic rings. The summed E-state index contributed by atoms with van der Waals surface area (Å²) < 4.78 is 0. The van der Waals surface area contributed by atoms with Crippen LogP contribution in [-0.4, -0.2) is 10.7 Å². The van der Waals surface area contributed by atoms with Crippen LogP contribution in [0.25, 0.3) is 0 Å². The van der Waals surface area contributed by atoms with Gasteiger partial charge in [0.05, 0.1) is 0 Å². The molecule has 1 aliphatic rings. The van der Waals surface area contributed by atoms with Gasteiger partial charge in [0, 0.05) is 0 Å². The van der Waals surface area contributed by atoms with Crippen molar-refractivity contribution >= 4 is 0 Å². The van der Waals surface area contributed by atoms with Crippen molar-refractivity contribution in [3.05, 3.63) is 47.1 Å². The normalized spacial score (nSPS) is 27.6. The lowest BCUT2D eigenvalue weighted by atomic mass is 9.94. The van der Waals surface area contributed by atoms with Crippen LogP contribution in [0.1, 0.15) is 33.6 Å². The number of rotatable bonds is 3. The van der Waals surface area contributed by atoms with Gasteiger partial charge in [-0.05, 0) is 49.5 Å². The molecule has 90 valence electrons. The van der Waals surface area contributed by atoms with Crippen molar-refractivity contribution in [2.75, 3.05) is 0 Å². The summed E-state index contributed by atoms with van der Waals surface area (Å²) in [5, 5.41) is 10.4. The molecule has 1 atom stereocenters. The zero-order chi connectivity index (χ0) is 12.9. The SMILES string of the molecule is C#C/C=C\C=C1/CC(/C=C\CC)=C(C)C1(C)O. The molecular weight excluding hydrogens is 208 g/mol. The van der Waals surface area contributed by atoms with E-state index >= 15 is 0 Å². The Kier molecular flexibility index (Phi) is 4.54.